The van der Waals surface area contributed by atoms with E-state index in [0.717, 1.165) is 17.8 Å². The van der Waals surface area contributed by atoms with Crippen molar-refractivity contribution >= 4 is 5.91 Å². The van der Waals surface area contributed by atoms with Crippen LogP contribution in [0, 0.1) is 5.92 Å². The summed E-state index contributed by atoms with van der Waals surface area (Å²) in [5.74, 6) is -0.155. The van der Waals surface area contributed by atoms with E-state index in [1.165, 1.54) is 6.07 Å². The number of carbonyl (C=O) groups is 1. The van der Waals surface area contributed by atoms with Gasteiger partial charge in [0.1, 0.15) is 0 Å². The van der Waals surface area contributed by atoms with Gasteiger partial charge in [0.05, 0.1) is 22.8 Å². The van der Waals surface area contributed by atoms with Gasteiger partial charge in [-0.3, -0.25) is 4.79 Å². The molecule has 148 valence electrons. The van der Waals surface area contributed by atoms with E-state index in [9.17, 15) is 18.0 Å². The first-order chi connectivity index (χ1) is 13.2. The number of fused-ring (bicyclic) bond motifs is 1. The van der Waals surface area contributed by atoms with Gasteiger partial charge in [0.25, 0.3) is 5.91 Å². The van der Waals surface area contributed by atoms with E-state index < -0.39 is 23.3 Å². The van der Waals surface area contributed by atoms with Crippen LogP contribution in [-0.2, 0) is 16.4 Å². The minimum absolute atomic E-state index is 0.0202. The Morgan fingerprint density at radius 1 is 1.36 bits per heavy atom. The molecule has 28 heavy (non-hydrogen) atoms. The van der Waals surface area contributed by atoms with Gasteiger partial charge in [0.2, 0.25) is 0 Å². The van der Waals surface area contributed by atoms with E-state index in [1.54, 1.807) is 24.2 Å². The fraction of sp³-hybridized carbons (Fsp3) is 0.450. The molecule has 0 saturated heterocycles. The van der Waals surface area contributed by atoms with E-state index in [0.29, 0.717) is 29.7 Å². The molecule has 0 aromatic heterocycles. The Morgan fingerprint density at radius 2 is 2.11 bits per heavy atom. The van der Waals surface area contributed by atoms with Gasteiger partial charge in [0.15, 0.2) is 6.17 Å². The molecule has 1 N–H and O–H groups in total. The van der Waals surface area contributed by atoms with Crippen molar-refractivity contribution < 1.29 is 18.0 Å². The number of likely N-dealkylation sites (N-methyl/N-ethyl adjacent to an activating group) is 1. The average Bonchev–Trinajstić information content (AvgIpc) is 3.13. The number of rotatable bonds is 2. The van der Waals surface area contributed by atoms with Crippen molar-refractivity contribution in [2.45, 2.75) is 38.0 Å². The van der Waals surface area contributed by atoms with Crippen molar-refractivity contribution in [2.75, 3.05) is 13.6 Å². The predicted molar refractivity (Wildman–Crippen MR) is 97.1 cm³/mol. The lowest BCUT2D eigenvalue weighted by atomic mass is 9.62. The summed E-state index contributed by atoms with van der Waals surface area (Å²) in [5.41, 5.74) is 0.681. The van der Waals surface area contributed by atoms with Crippen LogP contribution in [0.1, 0.15) is 31.4 Å². The van der Waals surface area contributed by atoms with Gasteiger partial charge in [-0.1, -0.05) is 32.0 Å². The van der Waals surface area contributed by atoms with Crippen LogP contribution in [0.5, 0.6) is 0 Å². The SMILES string of the molecule is CC[C@]1(c2cccc(C(F)(F)F)c2)C2=CN=NC2NC2=C1C(=O)N(C)C[C@H]2C. The summed E-state index contributed by atoms with van der Waals surface area (Å²) in [7, 11) is 1.72. The molecule has 3 aliphatic heterocycles. The fourth-order valence-electron chi connectivity index (χ4n) is 4.66. The monoisotopic (exact) mass is 390 g/mol. The highest BCUT2D eigenvalue weighted by Gasteiger charge is 2.53. The first-order valence-electron chi connectivity index (χ1n) is 9.25. The Hall–Kier alpha value is -2.64. The third-order valence-electron chi connectivity index (χ3n) is 5.97. The fourth-order valence-corrected chi connectivity index (χ4v) is 4.66. The van der Waals surface area contributed by atoms with Crippen molar-refractivity contribution in [2.24, 2.45) is 16.1 Å². The summed E-state index contributed by atoms with van der Waals surface area (Å²) in [4.78, 5) is 14.9. The number of benzene rings is 1. The molecule has 4 rings (SSSR count). The predicted octanol–water partition coefficient (Wildman–Crippen LogP) is 3.99. The van der Waals surface area contributed by atoms with Crippen LogP contribution in [0.3, 0.4) is 0 Å². The van der Waals surface area contributed by atoms with Crippen LogP contribution < -0.4 is 5.32 Å². The Bertz CT molecular complexity index is 934. The van der Waals surface area contributed by atoms with E-state index >= 15 is 0 Å². The lowest BCUT2D eigenvalue weighted by Gasteiger charge is -2.48. The zero-order valence-corrected chi connectivity index (χ0v) is 15.8. The zero-order valence-electron chi connectivity index (χ0n) is 15.8. The Kier molecular flexibility index (Phi) is 4.13. The third kappa shape index (κ3) is 2.50. The highest BCUT2D eigenvalue weighted by molar-refractivity contribution is 5.99. The summed E-state index contributed by atoms with van der Waals surface area (Å²) < 4.78 is 40.2. The van der Waals surface area contributed by atoms with E-state index in [2.05, 4.69) is 15.5 Å². The maximum absolute atomic E-state index is 13.4. The second kappa shape index (κ2) is 6.18. The molecule has 5 nitrogen and oxygen atoms in total. The second-order valence-electron chi connectivity index (χ2n) is 7.58. The normalized spacial score (nSPS) is 29.4. The first-order valence-corrected chi connectivity index (χ1v) is 9.25. The Balaban J connectivity index is 2.02. The number of amides is 1. The highest BCUT2D eigenvalue weighted by Crippen LogP contribution is 2.52. The summed E-state index contributed by atoms with van der Waals surface area (Å²) in [6.45, 7) is 4.42. The van der Waals surface area contributed by atoms with Gasteiger partial charge in [-0.2, -0.15) is 23.4 Å². The lowest BCUT2D eigenvalue weighted by Crippen LogP contribution is -2.55. The van der Waals surface area contributed by atoms with E-state index in [4.69, 9.17) is 0 Å². The highest BCUT2D eigenvalue weighted by atomic mass is 19.4. The number of nitrogens with zero attached hydrogens (tertiary/aromatic N) is 3. The maximum atomic E-state index is 13.4. The van der Waals surface area contributed by atoms with Gasteiger partial charge in [0, 0.05) is 30.8 Å². The van der Waals surface area contributed by atoms with Crippen molar-refractivity contribution in [3.63, 3.8) is 0 Å². The number of nitrogens with one attached hydrogen (secondary N) is 1. The Labute approximate surface area is 161 Å². The quantitative estimate of drug-likeness (QED) is 0.830. The second-order valence-corrected chi connectivity index (χ2v) is 7.58. The molecule has 3 atom stereocenters. The van der Waals surface area contributed by atoms with Gasteiger partial charge >= 0.3 is 6.18 Å². The van der Waals surface area contributed by atoms with E-state index in [1.807, 2.05) is 13.8 Å². The number of hydrogen-bond donors (Lipinski definition) is 1. The minimum atomic E-state index is -4.46. The van der Waals surface area contributed by atoms with Crippen molar-refractivity contribution in [3.05, 3.63) is 58.4 Å². The van der Waals surface area contributed by atoms with Crippen LogP contribution in [0.4, 0.5) is 13.2 Å². The number of hydrogen-bond acceptors (Lipinski definition) is 4. The molecular formula is C20H21F3N4O. The lowest BCUT2D eigenvalue weighted by molar-refractivity contribution is -0.137. The van der Waals surface area contributed by atoms with Crippen LogP contribution in [0.25, 0.3) is 0 Å². The number of alkyl halides is 3. The van der Waals surface area contributed by atoms with Crippen molar-refractivity contribution in [1.29, 1.82) is 0 Å². The molecule has 1 aromatic rings. The summed E-state index contributed by atoms with van der Waals surface area (Å²) >= 11 is 0. The van der Waals surface area contributed by atoms with Gasteiger partial charge < -0.3 is 10.2 Å². The molecule has 1 unspecified atom stereocenters. The zero-order chi connectivity index (χ0) is 20.3. The largest absolute Gasteiger partial charge is 0.416 e. The molecule has 3 heterocycles. The average molecular weight is 390 g/mol. The molecule has 0 fully saturated rings. The molecular weight excluding hydrogens is 369 g/mol. The third-order valence-corrected chi connectivity index (χ3v) is 5.97. The molecule has 1 amide bonds. The van der Waals surface area contributed by atoms with Gasteiger partial charge in [-0.05, 0) is 18.1 Å². The van der Waals surface area contributed by atoms with E-state index in [-0.39, 0.29) is 11.8 Å². The van der Waals surface area contributed by atoms with Crippen molar-refractivity contribution in [3.8, 4) is 0 Å². The Morgan fingerprint density at radius 3 is 2.79 bits per heavy atom. The van der Waals surface area contributed by atoms with Crippen LogP contribution in [0.2, 0.25) is 0 Å². The smallest absolute Gasteiger partial charge is 0.361 e. The first kappa shape index (κ1) is 18.7. The molecule has 0 saturated carbocycles. The van der Waals surface area contributed by atoms with Crippen molar-refractivity contribution in [1.82, 2.24) is 10.2 Å². The summed E-state index contributed by atoms with van der Waals surface area (Å²) in [5, 5.41) is 11.5. The molecule has 0 spiro atoms. The van der Waals surface area contributed by atoms with Gasteiger partial charge in [-0.15, -0.1) is 0 Å². The van der Waals surface area contributed by atoms with Crippen LogP contribution in [-0.4, -0.2) is 30.6 Å². The molecule has 8 heteroatoms. The molecule has 0 bridgehead atoms. The number of halogens is 3. The number of azo groups is 1. The summed E-state index contributed by atoms with van der Waals surface area (Å²) in [6, 6.07) is 5.27. The minimum Gasteiger partial charge on any atom is -0.361 e. The molecule has 0 radical (unpaired) electrons. The van der Waals surface area contributed by atoms with Gasteiger partial charge in [-0.25, -0.2) is 0 Å². The maximum Gasteiger partial charge on any atom is 0.416 e. The topological polar surface area (TPSA) is 57.1 Å². The van der Waals surface area contributed by atoms with Crippen LogP contribution in [0.15, 0.2) is 57.5 Å². The molecule has 1 aromatic carbocycles. The summed E-state index contributed by atoms with van der Waals surface area (Å²) in [6.07, 6.45) is -2.92. The number of carbonyl (C=O) groups excluding carboxylic acids is 1. The standard InChI is InChI=1S/C20H21F3N4O/c1-4-19(12-6-5-7-13(8-12)20(21,22)23)14-9-24-26-17(14)25-16-11(2)10-27(3)18(28)15(16)19/h5-9,11,17,25H,4,10H2,1-3H3/t11-,17?,19+/m1/s1. The molecule has 3 aliphatic rings. The van der Waals surface area contributed by atoms with Crippen LogP contribution >= 0.6 is 0 Å². The molecule has 0 aliphatic carbocycles.